The maximum Gasteiger partial charge on any atom is 0.371 e. The highest BCUT2D eigenvalue weighted by molar-refractivity contribution is 5.84. The lowest BCUT2D eigenvalue weighted by atomic mass is 10.1. The predicted molar refractivity (Wildman–Crippen MR) is 70.4 cm³/mol. The molecule has 2 aliphatic rings. The van der Waals surface area contributed by atoms with Crippen molar-refractivity contribution in [2.45, 2.75) is 32.4 Å². The normalized spacial score (nSPS) is 23.1. The molecule has 1 aromatic rings. The summed E-state index contributed by atoms with van der Waals surface area (Å²) in [5.41, 5.74) is 0.917. The molecule has 3 heterocycles. The van der Waals surface area contributed by atoms with Gasteiger partial charge < -0.3 is 14.4 Å². The number of carboxylic acid groups (broad SMARTS) is 1. The Morgan fingerprint density at radius 3 is 3.00 bits per heavy atom. The second kappa shape index (κ2) is 4.94. The van der Waals surface area contributed by atoms with E-state index in [-0.39, 0.29) is 11.7 Å². The lowest BCUT2D eigenvalue weighted by Gasteiger charge is -2.37. The van der Waals surface area contributed by atoms with E-state index in [2.05, 4.69) is 4.90 Å². The molecule has 1 unspecified atom stereocenters. The molecule has 1 amide bonds. The first-order valence-corrected chi connectivity index (χ1v) is 6.89. The summed E-state index contributed by atoms with van der Waals surface area (Å²) >= 11 is 0. The summed E-state index contributed by atoms with van der Waals surface area (Å²) < 4.78 is 5.23. The highest BCUT2D eigenvalue weighted by Crippen LogP contribution is 2.25. The van der Waals surface area contributed by atoms with Crippen molar-refractivity contribution in [3.05, 3.63) is 23.2 Å². The molecule has 0 radical (unpaired) electrons. The van der Waals surface area contributed by atoms with Crippen LogP contribution in [0, 0.1) is 6.92 Å². The van der Waals surface area contributed by atoms with Crippen molar-refractivity contribution < 1.29 is 19.1 Å². The Morgan fingerprint density at radius 2 is 2.30 bits per heavy atom. The van der Waals surface area contributed by atoms with Crippen LogP contribution in [-0.2, 0) is 11.3 Å². The van der Waals surface area contributed by atoms with Gasteiger partial charge in [0, 0.05) is 44.2 Å². The van der Waals surface area contributed by atoms with Crippen molar-refractivity contribution in [3.63, 3.8) is 0 Å². The lowest BCUT2D eigenvalue weighted by Crippen LogP contribution is -2.50. The fourth-order valence-corrected chi connectivity index (χ4v) is 3.10. The number of aromatic carboxylic acids is 1. The van der Waals surface area contributed by atoms with Crippen LogP contribution in [0.3, 0.4) is 0 Å². The fourth-order valence-electron chi connectivity index (χ4n) is 3.10. The first-order valence-electron chi connectivity index (χ1n) is 6.89. The van der Waals surface area contributed by atoms with Crippen molar-refractivity contribution in [2.75, 3.05) is 19.6 Å². The number of rotatable bonds is 3. The largest absolute Gasteiger partial charge is 0.475 e. The Hall–Kier alpha value is -1.82. The topological polar surface area (TPSA) is 74.0 Å². The zero-order valence-electron chi connectivity index (χ0n) is 11.5. The highest BCUT2D eigenvalue weighted by Gasteiger charge is 2.35. The van der Waals surface area contributed by atoms with Crippen molar-refractivity contribution in [1.82, 2.24) is 9.80 Å². The van der Waals surface area contributed by atoms with Crippen LogP contribution < -0.4 is 0 Å². The summed E-state index contributed by atoms with van der Waals surface area (Å²) in [5.74, 6) is -0.118. The van der Waals surface area contributed by atoms with Crippen LogP contribution >= 0.6 is 0 Å². The molecule has 6 nitrogen and oxygen atoms in total. The minimum Gasteiger partial charge on any atom is -0.475 e. The summed E-state index contributed by atoms with van der Waals surface area (Å²) in [6.45, 7) is 4.93. The minimum absolute atomic E-state index is 0.00724. The number of carbonyl (C=O) groups excluding carboxylic acids is 1. The molecular weight excluding hydrogens is 260 g/mol. The van der Waals surface area contributed by atoms with Gasteiger partial charge in [-0.05, 0) is 19.4 Å². The van der Waals surface area contributed by atoms with Gasteiger partial charge >= 0.3 is 5.97 Å². The Kier molecular flexibility index (Phi) is 3.25. The number of carbonyl (C=O) groups is 2. The van der Waals surface area contributed by atoms with Gasteiger partial charge in [-0.2, -0.15) is 0 Å². The molecule has 2 saturated heterocycles. The number of furan rings is 1. The average Bonchev–Trinajstić information content (AvgIpc) is 2.95. The van der Waals surface area contributed by atoms with Gasteiger partial charge in [0.1, 0.15) is 5.76 Å². The molecule has 3 rings (SSSR count). The third kappa shape index (κ3) is 2.31. The summed E-state index contributed by atoms with van der Waals surface area (Å²) in [7, 11) is 0. The zero-order chi connectivity index (χ0) is 14.3. The highest BCUT2D eigenvalue weighted by atomic mass is 16.4. The van der Waals surface area contributed by atoms with Gasteiger partial charge in [0.15, 0.2) is 0 Å². The first kappa shape index (κ1) is 13.2. The average molecular weight is 278 g/mol. The van der Waals surface area contributed by atoms with Gasteiger partial charge in [-0.1, -0.05) is 0 Å². The van der Waals surface area contributed by atoms with Crippen LogP contribution in [0.5, 0.6) is 0 Å². The van der Waals surface area contributed by atoms with E-state index >= 15 is 0 Å². The molecule has 0 aliphatic carbocycles. The van der Waals surface area contributed by atoms with Gasteiger partial charge in [-0.3, -0.25) is 9.69 Å². The van der Waals surface area contributed by atoms with E-state index in [0.29, 0.717) is 24.8 Å². The molecule has 1 atom stereocenters. The van der Waals surface area contributed by atoms with Crippen molar-refractivity contribution >= 4 is 11.9 Å². The predicted octanol–water partition coefficient (Wildman–Crippen LogP) is 1.09. The summed E-state index contributed by atoms with van der Waals surface area (Å²) in [6.07, 6.45) is 1.59. The van der Waals surface area contributed by atoms with Gasteiger partial charge in [0.2, 0.25) is 11.7 Å². The van der Waals surface area contributed by atoms with E-state index in [1.807, 2.05) is 4.90 Å². The monoisotopic (exact) mass is 278 g/mol. The molecule has 0 aromatic carbocycles. The quantitative estimate of drug-likeness (QED) is 0.896. The number of hydrogen-bond acceptors (Lipinski definition) is 4. The number of aryl methyl sites for hydroxylation is 1. The fraction of sp³-hybridized carbons (Fsp3) is 0.571. The van der Waals surface area contributed by atoms with E-state index in [4.69, 9.17) is 9.52 Å². The first-order chi connectivity index (χ1) is 9.54. The number of carboxylic acids is 1. The summed E-state index contributed by atoms with van der Waals surface area (Å²) in [5, 5.41) is 8.93. The van der Waals surface area contributed by atoms with Crippen molar-refractivity contribution in [1.29, 1.82) is 0 Å². The second-order valence-corrected chi connectivity index (χ2v) is 5.51. The third-order valence-electron chi connectivity index (χ3n) is 4.20. The zero-order valence-corrected chi connectivity index (χ0v) is 11.5. The Balaban J connectivity index is 1.67. The van der Waals surface area contributed by atoms with Gasteiger partial charge in [-0.25, -0.2) is 4.79 Å². The number of piperazine rings is 1. The molecule has 1 N–H and O–H groups in total. The minimum atomic E-state index is -1.04. The summed E-state index contributed by atoms with van der Waals surface area (Å²) in [6, 6.07) is 1.92. The van der Waals surface area contributed by atoms with Crippen LogP contribution in [0.25, 0.3) is 0 Å². The number of hydrogen-bond donors (Lipinski definition) is 1. The molecule has 6 heteroatoms. The van der Waals surface area contributed by atoms with E-state index in [9.17, 15) is 9.59 Å². The molecule has 108 valence electrons. The molecular formula is C14H18N2O4. The van der Waals surface area contributed by atoms with E-state index in [1.165, 1.54) is 0 Å². The van der Waals surface area contributed by atoms with Crippen molar-refractivity contribution in [3.8, 4) is 0 Å². The van der Waals surface area contributed by atoms with Crippen LogP contribution in [0.2, 0.25) is 0 Å². The maximum absolute atomic E-state index is 11.6. The van der Waals surface area contributed by atoms with Crippen LogP contribution in [0.15, 0.2) is 10.5 Å². The maximum atomic E-state index is 11.6. The van der Waals surface area contributed by atoms with Crippen molar-refractivity contribution in [2.24, 2.45) is 0 Å². The van der Waals surface area contributed by atoms with Gasteiger partial charge in [-0.15, -0.1) is 0 Å². The Bertz CT molecular complexity index is 551. The third-order valence-corrected chi connectivity index (χ3v) is 4.20. The van der Waals surface area contributed by atoms with Gasteiger partial charge in [0.25, 0.3) is 0 Å². The van der Waals surface area contributed by atoms with Crippen LogP contribution in [0.4, 0.5) is 0 Å². The lowest BCUT2D eigenvalue weighted by molar-refractivity contribution is -0.130. The molecule has 1 aromatic heterocycles. The number of nitrogens with zero attached hydrogens (tertiary/aromatic N) is 2. The smallest absolute Gasteiger partial charge is 0.371 e. The molecule has 20 heavy (non-hydrogen) atoms. The van der Waals surface area contributed by atoms with Gasteiger partial charge in [0.05, 0.1) is 0 Å². The van der Waals surface area contributed by atoms with Crippen LogP contribution in [-0.4, -0.2) is 52.5 Å². The Morgan fingerprint density at radius 1 is 1.50 bits per heavy atom. The van der Waals surface area contributed by atoms with Crippen LogP contribution in [0.1, 0.15) is 34.7 Å². The van der Waals surface area contributed by atoms with E-state index in [1.54, 1.807) is 13.0 Å². The second-order valence-electron chi connectivity index (χ2n) is 5.51. The number of amides is 1. The van der Waals surface area contributed by atoms with E-state index < -0.39 is 5.97 Å². The Labute approximate surface area is 117 Å². The van der Waals surface area contributed by atoms with E-state index in [0.717, 1.165) is 31.6 Å². The standard InChI is InChI=1S/C14H18N2O4/c1-9-10(6-12(20-9)14(18)19)7-15-4-5-16-11(8-15)2-3-13(16)17/h6,11H,2-5,7-8H2,1H3,(H,18,19). The molecule has 2 fully saturated rings. The molecule has 0 spiro atoms. The number of fused-ring (bicyclic) bond motifs is 1. The molecule has 0 bridgehead atoms. The SMILES string of the molecule is Cc1oc(C(=O)O)cc1CN1CCN2C(=O)CCC2C1. The molecule has 2 aliphatic heterocycles. The molecule has 0 saturated carbocycles. The summed E-state index contributed by atoms with van der Waals surface area (Å²) in [4.78, 5) is 26.8.